The number of carboxylic acid groups (broad SMARTS) is 1. The van der Waals surface area contributed by atoms with Gasteiger partial charge in [-0.2, -0.15) is 0 Å². The second-order valence-electron chi connectivity index (χ2n) is 5.66. The van der Waals surface area contributed by atoms with Gasteiger partial charge in [0.2, 0.25) is 0 Å². The number of piperidine rings is 1. The van der Waals surface area contributed by atoms with Crippen LogP contribution in [0.4, 0.5) is 0 Å². The van der Waals surface area contributed by atoms with Crippen LogP contribution in [0.25, 0.3) is 0 Å². The average Bonchev–Trinajstić information content (AvgIpc) is 2.46. The van der Waals surface area contributed by atoms with Crippen LogP contribution < -0.4 is 4.74 Å². The molecule has 1 N–H and O–H groups in total. The summed E-state index contributed by atoms with van der Waals surface area (Å²) in [6.07, 6.45) is 2.52. The van der Waals surface area contributed by atoms with E-state index in [-0.39, 0.29) is 6.04 Å². The fourth-order valence-electron chi connectivity index (χ4n) is 2.85. The molecule has 1 aromatic carbocycles. The molecule has 1 unspecified atom stereocenters. The molecule has 1 aliphatic heterocycles. The molecule has 0 aliphatic carbocycles. The van der Waals surface area contributed by atoms with Crippen LogP contribution in [0.15, 0.2) is 18.2 Å². The largest absolute Gasteiger partial charge is 0.493 e. The number of rotatable bonds is 6. The van der Waals surface area contributed by atoms with Gasteiger partial charge in [0.25, 0.3) is 0 Å². The van der Waals surface area contributed by atoms with Crippen LogP contribution in [-0.2, 0) is 4.79 Å². The molecule has 0 aromatic heterocycles. The Balaban J connectivity index is 1.81. The third-order valence-electron chi connectivity index (χ3n) is 4.08. The zero-order valence-corrected chi connectivity index (χ0v) is 14.1. The van der Waals surface area contributed by atoms with E-state index in [4.69, 9.17) is 27.9 Å². The molecule has 0 amide bonds. The van der Waals surface area contributed by atoms with Gasteiger partial charge >= 0.3 is 5.97 Å². The molecule has 1 heterocycles. The van der Waals surface area contributed by atoms with Gasteiger partial charge in [0, 0.05) is 10.0 Å². The normalized spacial score (nSPS) is 18.1. The van der Waals surface area contributed by atoms with Gasteiger partial charge in [-0.1, -0.05) is 30.1 Å². The summed E-state index contributed by atoms with van der Waals surface area (Å²) in [4.78, 5) is 13.2. The molecule has 1 saturated heterocycles. The smallest absolute Gasteiger partial charge is 0.320 e. The van der Waals surface area contributed by atoms with Crippen molar-refractivity contribution in [1.82, 2.24) is 4.90 Å². The highest BCUT2D eigenvalue weighted by molar-refractivity contribution is 6.34. The summed E-state index contributed by atoms with van der Waals surface area (Å²) < 4.78 is 5.77. The van der Waals surface area contributed by atoms with Crippen molar-refractivity contribution in [2.24, 2.45) is 5.92 Å². The second kappa shape index (κ2) is 8.04. The SMILES string of the molecule is CCC(C(=O)O)N1CCC(COc2cc(Cl)cc(Cl)c2)CC1. The van der Waals surface area contributed by atoms with E-state index < -0.39 is 5.97 Å². The van der Waals surface area contributed by atoms with Gasteiger partial charge in [0.05, 0.1) is 6.61 Å². The molecule has 1 aliphatic rings. The topological polar surface area (TPSA) is 49.8 Å². The average molecular weight is 346 g/mol. The lowest BCUT2D eigenvalue weighted by Crippen LogP contribution is -2.46. The highest BCUT2D eigenvalue weighted by Gasteiger charge is 2.28. The van der Waals surface area contributed by atoms with Crippen molar-refractivity contribution in [3.8, 4) is 5.75 Å². The van der Waals surface area contributed by atoms with Crippen LogP contribution in [0.3, 0.4) is 0 Å². The second-order valence-corrected chi connectivity index (χ2v) is 6.53. The summed E-state index contributed by atoms with van der Waals surface area (Å²) in [6.45, 7) is 4.12. The Morgan fingerprint density at radius 2 is 1.91 bits per heavy atom. The number of nitrogens with zero attached hydrogens (tertiary/aromatic N) is 1. The van der Waals surface area contributed by atoms with E-state index >= 15 is 0 Å². The molecule has 6 heteroatoms. The molecule has 0 bridgehead atoms. The van der Waals surface area contributed by atoms with Crippen LogP contribution in [0.2, 0.25) is 10.0 Å². The Kier molecular flexibility index (Phi) is 6.36. The van der Waals surface area contributed by atoms with Crippen LogP contribution in [0.5, 0.6) is 5.75 Å². The van der Waals surface area contributed by atoms with Crippen molar-refractivity contribution in [3.05, 3.63) is 28.2 Å². The fraction of sp³-hybridized carbons (Fsp3) is 0.562. The molecular weight excluding hydrogens is 325 g/mol. The number of carboxylic acids is 1. The van der Waals surface area contributed by atoms with Gasteiger partial charge < -0.3 is 9.84 Å². The van der Waals surface area contributed by atoms with Gasteiger partial charge in [-0.25, -0.2) is 0 Å². The van der Waals surface area contributed by atoms with Gasteiger partial charge in [-0.3, -0.25) is 9.69 Å². The monoisotopic (exact) mass is 345 g/mol. The van der Waals surface area contributed by atoms with Crippen molar-refractivity contribution < 1.29 is 14.6 Å². The quantitative estimate of drug-likeness (QED) is 0.847. The Bertz CT molecular complexity index is 496. The van der Waals surface area contributed by atoms with Crippen molar-refractivity contribution in [2.45, 2.75) is 32.2 Å². The number of halogens is 2. The molecule has 2 rings (SSSR count). The maximum absolute atomic E-state index is 11.2. The Labute approximate surface area is 141 Å². The molecule has 0 spiro atoms. The van der Waals surface area contributed by atoms with E-state index in [0.717, 1.165) is 25.9 Å². The predicted molar refractivity (Wildman–Crippen MR) is 88.0 cm³/mol. The van der Waals surface area contributed by atoms with E-state index in [2.05, 4.69) is 4.90 Å². The first kappa shape index (κ1) is 17.4. The summed E-state index contributed by atoms with van der Waals surface area (Å²) in [7, 11) is 0. The molecule has 1 aromatic rings. The Hall–Kier alpha value is -0.970. The lowest BCUT2D eigenvalue weighted by atomic mass is 9.96. The molecule has 22 heavy (non-hydrogen) atoms. The number of benzene rings is 1. The molecule has 1 atom stereocenters. The highest BCUT2D eigenvalue weighted by Crippen LogP contribution is 2.26. The number of likely N-dealkylation sites (tertiary alicyclic amines) is 1. The minimum absolute atomic E-state index is 0.367. The van der Waals surface area contributed by atoms with E-state index in [1.54, 1.807) is 18.2 Å². The molecule has 122 valence electrons. The van der Waals surface area contributed by atoms with Gasteiger partial charge in [-0.05, 0) is 56.5 Å². The van der Waals surface area contributed by atoms with E-state index in [1.165, 1.54) is 0 Å². The summed E-state index contributed by atoms with van der Waals surface area (Å²) >= 11 is 11.9. The number of carbonyl (C=O) groups is 1. The van der Waals surface area contributed by atoms with Crippen molar-refractivity contribution >= 4 is 29.2 Å². The highest BCUT2D eigenvalue weighted by atomic mass is 35.5. The number of aliphatic carboxylic acids is 1. The third kappa shape index (κ3) is 4.77. The lowest BCUT2D eigenvalue weighted by molar-refractivity contribution is -0.144. The van der Waals surface area contributed by atoms with Crippen molar-refractivity contribution in [2.75, 3.05) is 19.7 Å². The minimum atomic E-state index is -0.731. The Morgan fingerprint density at radius 3 is 2.41 bits per heavy atom. The van der Waals surface area contributed by atoms with Crippen LogP contribution in [0.1, 0.15) is 26.2 Å². The van der Waals surface area contributed by atoms with Gasteiger partial charge in [-0.15, -0.1) is 0 Å². The summed E-state index contributed by atoms with van der Waals surface area (Å²) in [5.74, 6) is 0.378. The van der Waals surface area contributed by atoms with Gasteiger partial charge in [0.1, 0.15) is 11.8 Å². The molecule has 0 saturated carbocycles. The van der Waals surface area contributed by atoms with Crippen LogP contribution >= 0.6 is 23.2 Å². The summed E-state index contributed by atoms with van der Waals surface area (Å²) in [5.41, 5.74) is 0. The molecular formula is C16H21Cl2NO3. The standard InChI is InChI=1S/C16H21Cl2NO3/c1-2-15(16(20)21)19-5-3-11(4-6-19)10-22-14-8-12(17)7-13(18)9-14/h7-9,11,15H,2-6,10H2,1H3,(H,20,21). The first-order chi connectivity index (χ1) is 10.5. The zero-order chi connectivity index (χ0) is 16.1. The zero-order valence-electron chi connectivity index (χ0n) is 12.6. The van der Waals surface area contributed by atoms with E-state index in [1.807, 2.05) is 6.92 Å². The molecule has 1 fully saturated rings. The van der Waals surface area contributed by atoms with E-state index in [0.29, 0.717) is 34.7 Å². The number of ether oxygens (including phenoxy) is 1. The number of hydrogen-bond acceptors (Lipinski definition) is 3. The predicted octanol–water partition coefficient (Wildman–Crippen LogP) is 3.95. The lowest BCUT2D eigenvalue weighted by Gasteiger charge is -2.35. The maximum Gasteiger partial charge on any atom is 0.320 e. The minimum Gasteiger partial charge on any atom is -0.493 e. The van der Waals surface area contributed by atoms with Crippen LogP contribution in [0, 0.1) is 5.92 Å². The van der Waals surface area contributed by atoms with Gasteiger partial charge in [0.15, 0.2) is 0 Å². The first-order valence-electron chi connectivity index (χ1n) is 7.55. The number of hydrogen-bond donors (Lipinski definition) is 1. The van der Waals surface area contributed by atoms with Crippen LogP contribution in [-0.4, -0.2) is 41.7 Å². The first-order valence-corrected chi connectivity index (χ1v) is 8.31. The molecule has 0 radical (unpaired) electrons. The van der Waals surface area contributed by atoms with E-state index in [9.17, 15) is 9.90 Å². The maximum atomic E-state index is 11.2. The fourth-order valence-corrected chi connectivity index (χ4v) is 3.35. The summed E-state index contributed by atoms with van der Waals surface area (Å²) in [6, 6.07) is 4.81. The Morgan fingerprint density at radius 1 is 1.32 bits per heavy atom. The van der Waals surface area contributed by atoms with Crippen molar-refractivity contribution in [3.63, 3.8) is 0 Å². The third-order valence-corrected chi connectivity index (χ3v) is 4.52. The van der Waals surface area contributed by atoms with Crippen molar-refractivity contribution in [1.29, 1.82) is 0 Å². The summed E-state index contributed by atoms with van der Waals surface area (Å²) in [5, 5.41) is 10.3. The molecule has 4 nitrogen and oxygen atoms in total.